The van der Waals surface area contributed by atoms with Gasteiger partial charge < -0.3 is 14.9 Å². The van der Waals surface area contributed by atoms with Crippen molar-refractivity contribution in [1.82, 2.24) is 9.97 Å². The summed E-state index contributed by atoms with van der Waals surface area (Å²) in [7, 11) is 0. The maximum Gasteiger partial charge on any atom is 0.337 e. The van der Waals surface area contributed by atoms with Crippen molar-refractivity contribution in [2.75, 3.05) is 5.73 Å². The second-order valence-electron chi connectivity index (χ2n) is 6.57. The van der Waals surface area contributed by atoms with Crippen LogP contribution >= 0.6 is 0 Å². The highest BCUT2D eigenvalue weighted by atomic mass is 16.5. The van der Waals surface area contributed by atoms with Crippen LogP contribution in [0.5, 0.6) is 6.01 Å². The minimum Gasteiger partial charge on any atom is -0.460 e. The molecule has 4 rings (SSSR count). The average Bonchev–Trinajstić information content (AvgIpc) is 2.71. The van der Waals surface area contributed by atoms with Gasteiger partial charge in [-0.25, -0.2) is 4.79 Å². The number of hydrogen-bond acceptors (Lipinski definition) is 6. The van der Waals surface area contributed by atoms with Crippen LogP contribution in [0.1, 0.15) is 18.1 Å². The lowest BCUT2D eigenvalue weighted by Crippen LogP contribution is -2.15. The number of aromatic amines is 1. The van der Waals surface area contributed by atoms with Crippen molar-refractivity contribution >= 4 is 16.8 Å². The zero-order valence-corrected chi connectivity index (χ0v) is 15.8. The van der Waals surface area contributed by atoms with Crippen molar-refractivity contribution in [1.29, 1.82) is 0 Å². The number of aryl methyl sites for hydroxylation is 1. The number of ether oxygens (including phenoxy) is 1. The number of fused-ring (bicyclic) bond motifs is 1. The Bertz CT molecular complexity index is 1310. The van der Waals surface area contributed by atoms with Crippen molar-refractivity contribution < 1.29 is 9.15 Å². The molecule has 2 aromatic carbocycles. The van der Waals surface area contributed by atoms with E-state index in [2.05, 4.69) is 9.97 Å². The predicted octanol–water partition coefficient (Wildman–Crippen LogP) is 3.27. The van der Waals surface area contributed by atoms with Crippen molar-refractivity contribution in [3.05, 3.63) is 86.5 Å². The normalized spacial score (nSPS) is 10.9. The summed E-state index contributed by atoms with van der Waals surface area (Å²) >= 11 is 0. The van der Waals surface area contributed by atoms with Gasteiger partial charge in [0.25, 0.3) is 11.6 Å². The van der Waals surface area contributed by atoms with Crippen LogP contribution in [0.3, 0.4) is 0 Å². The molecule has 0 aliphatic rings. The van der Waals surface area contributed by atoms with E-state index < -0.39 is 11.2 Å². The van der Waals surface area contributed by atoms with Gasteiger partial charge in [-0.2, -0.15) is 4.98 Å². The van der Waals surface area contributed by atoms with Crippen LogP contribution in [0.25, 0.3) is 22.2 Å². The van der Waals surface area contributed by atoms with E-state index in [1.807, 2.05) is 55.5 Å². The number of anilines is 1. The zero-order valence-electron chi connectivity index (χ0n) is 15.8. The number of hydrogen-bond donors (Lipinski definition) is 2. The summed E-state index contributed by atoms with van der Waals surface area (Å²) in [6.07, 6.45) is 0.515. The molecule has 7 heteroatoms. The molecule has 2 aromatic heterocycles. The fourth-order valence-electron chi connectivity index (χ4n) is 3.26. The predicted molar refractivity (Wildman–Crippen MR) is 111 cm³/mol. The van der Waals surface area contributed by atoms with Crippen molar-refractivity contribution in [2.45, 2.75) is 20.0 Å². The lowest BCUT2D eigenvalue weighted by molar-refractivity contribution is 0.280. The first kappa shape index (κ1) is 18.5. The van der Waals surface area contributed by atoms with Crippen LogP contribution in [0, 0.1) is 0 Å². The molecule has 0 aliphatic carbocycles. The second kappa shape index (κ2) is 7.63. The summed E-state index contributed by atoms with van der Waals surface area (Å²) in [6.45, 7) is 2.02. The van der Waals surface area contributed by atoms with E-state index >= 15 is 0 Å². The Hall–Kier alpha value is -3.87. The summed E-state index contributed by atoms with van der Waals surface area (Å²) < 4.78 is 10.8. The molecule has 0 saturated heterocycles. The van der Waals surface area contributed by atoms with E-state index in [0.717, 1.165) is 16.7 Å². The molecular weight excluding hydrogens is 370 g/mol. The van der Waals surface area contributed by atoms with E-state index in [9.17, 15) is 9.59 Å². The summed E-state index contributed by atoms with van der Waals surface area (Å²) in [4.78, 5) is 31.0. The Morgan fingerprint density at radius 3 is 2.69 bits per heavy atom. The fourth-order valence-corrected chi connectivity index (χ4v) is 3.26. The molecule has 4 aromatic rings. The quantitative estimate of drug-likeness (QED) is 0.507. The van der Waals surface area contributed by atoms with Crippen molar-refractivity contribution in [2.24, 2.45) is 0 Å². The molecule has 0 unspecified atom stereocenters. The molecule has 0 atom stereocenters. The molecule has 0 spiro atoms. The largest absolute Gasteiger partial charge is 0.460 e. The van der Waals surface area contributed by atoms with Gasteiger partial charge in [-0.05, 0) is 40.8 Å². The highest BCUT2D eigenvalue weighted by Crippen LogP contribution is 2.26. The van der Waals surface area contributed by atoms with E-state index in [4.69, 9.17) is 14.9 Å². The van der Waals surface area contributed by atoms with Gasteiger partial charge in [0.05, 0.1) is 0 Å². The van der Waals surface area contributed by atoms with Crippen LogP contribution in [0.15, 0.2) is 68.6 Å². The zero-order chi connectivity index (χ0) is 20.4. The molecule has 0 amide bonds. The van der Waals surface area contributed by atoms with Gasteiger partial charge >= 0.3 is 5.63 Å². The van der Waals surface area contributed by atoms with E-state index in [-0.39, 0.29) is 23.7 Å². The first-order valence-corrected chi connectivity index (χ1v) is 9.19. The Morgan fingerprint density at radius 1 is 1.07 bits per heavy atom. The first-order valence-electron chi connectivity index (χ1n) is 9.19. The standard InChI is InChI=1S/C22H19N3O4/c1-2-13-11-18(26)29-21-19(13)20(27)24-22(25-21)28-12-15-6-3-4-9-17(15)14-7-5-8-16(23)10-14/h3-11H,2,12,23H2,1H3,(H,24,25,27). The van der Waals surface area contributed by atoms with Gasteiger partial charge in [0.2, 0.25) is 5.71 Å². The molecule has 29 heavy (non-hydrogen) atoms. The first-order chi connectivity index (χ1) is 14.0. The molecule has 2 heterocycles. The van der Waals surface area contributed by atoms with Gasteiger partial charge in [0.15, 0.2) is 0 Å². The highest BCUT2D eigenvalue weighted by molar-refractivity contribution is 5.75. The number of nitrogens with two attached hydrogens (primary N) is 1. The molecule has 3 N–H and O–H groups in total. The summed E-state index contributed by atoms with van der Waals surface area (Å²) in [5.74, 6) is 0. The third kappa shape index (κ3) is 3.75. The molecule has 0 fully saturated rings. The van der Waals surface area contributed by atoms with Crippen LogP contribution in [0.4, 0.5) is 5.69 Å². The Labute approximate surface area is 165 Å². The van der Waals surface area contributed by atoms with Gasteiger partial charge in [-0.15, -0.1) is 0 Å². The number of aromatic nitrogens is 2. The summed E-state index contributed by atoms with van der Waals surface area (Å²) in [5, 5.41) is 0.264. The van der Waals surface area contributed by atoms with Gasteiger partial charge in [-0.1, -0.05) is 43.3 Å². The smallest absolute Gasteiger partial charge is 0.337 e. The molecule has 0 aliphatic heterocycles. The Morgan fingerprint density at radius 2 is 1.90 bits per heavy atom. The Balaban J connectivity index is 1.68. The number of benzene rings is 2. The summed E-state index contributed by atoms with van der Waals surface area (Å²) in [5.41, 5.74) is 8.98. The third-order valence-corrected chi connectivity index (χ3v) is 4.64. The molecule has 7 nitrogen and oxygen atoms in total. The lowest BCUT2D eigenvalue weighted by Gasteiger charge is -2.11. The van der Waals surface area contributed by atoms with Crippen LogP contribution < -0.4 is 21.7 Å². The lowest BCUT2D eigenvalue weighted by atomic mass is 10.00. The number of nitrogen functional groups attached to an aromatic ring is 1. The monoisotopic (exact) mass is 389 g/mol. The molecule has 0 radical (unpaired) electrons. The van der Waals surface area contributed by atoms with Gasteiger partial charge in [0, 0.05) is 11.8 Å². The van der Waals surface area contributed by atoms with Crippen molar-refractivity contribution in [3.8, 4) is 17.1 Å². The average molecular weight is 389 g/mol. The number of nitrogens with zero attached hydrogens (tertiary/aromatic N) is 1. The second-order valence-corrected chi connectivity index (χ2v) is 6.57. The Kier molecular flexibility index (Phi) is 4.87. The number of H-pyrrole nitrogens is 1. The van der Waals surface area contributed by atoms with Gasteiger partial charge in [-0.3, -0.25) is 9.78 Å². The molecular formula is C22H19N3O4. The number of rotatable bonds is 5. The van der Waals surface area contributed by atoms with Crippen molar-refractivity contribution in [3.63, 3.8) is 0 Å². The van der Waals surface area contributed by atoms with E-state index in [0.29, 0.717) is 17.7 Å². The van der Waals surface area contributed by atoms with E-state index in [1.165, 1.54) is 6.07 Å². The topological polar surface area (TPSA) is 111 Å². The fraction of sp³-hybridized carbons (Fsp3) is 0.136. The molecule has 0 bridgehead atoms. The molecule has 146 valence electrons. The maximum atomic E-state index is 12.5. The highest BCUT2D eigenvalue weighted by Gasteiger charge is 2.13. The van der Waals surface area contributed by atoms with E-state index in [1.54, 1.807) is 0 Å². The van der Waals surface area contributed by atoms with Crippen LogP contribution in [-0.4, -0.2) is 9.97 Å². The third-order valence-electron chi connectivity index (χ3n) is 4.64. The van der Waals surface area contributed by atoms with Crippen LogP contribution in [0.2, 0.25) is 0 Å². The minimum absolute atomic E-state index is 0.0127. The maximum absolute atomic E-state index is 12.5. The SMILES string of the molecule is CCc1cc(=O)oc2nc(OCc3ccccc3-c3cccc(N)c3)[nH]c(=O)c12. The number of nitrogens with one attached hydrogen (secondary N) is 1. The van der Waals surface area contributed by atoms with Gasteiger partial charge in [0.1, 0.15) is 12.0 Å². The molecule has 0 saturated carbocycles. The summed E-state index contributed by atoms with van der Waals surface area (Å²) in [6, 6.07) is 16.6. The minimum atomic E-state index is -0.551. The van der Waals surface area contributed by atoms with Crippen LogP contribution in [-0.2, 0) is 13.0 Å².